The van der Waals surface area contributed by atoms with Gasteiger partial charge in [0.25, 0.3) is 5.91 Å². The molecule has 11 heteroatoms. The fourth-order valence-electron chi connectivity index (χ4n) is 2.87. The lowest BCUT2D eigenvalue weighted by molar-refractivity contribution is -0.137. The van der Waals surface area contributed by atoms with E-state index in [1.807, 2.05) is 6.07 Å². The molecule has 0 aliphatic rings. The molecule has 2 N–H and O–H groups in total. The summed E-state index contributed by atoms with van der Waals surface area (Å²) in [7, 11) is 0. The van der Waals surface area contributed by atoms with Crippen molar-refractivity contribution in [3.05, 3.63) is 76.8 Å². The molecule has 0 radical (unpaired) electrons. The van der Waals surface area contributed by atoms with Gasteiger partial charge >= 0.3 is 6.18 Å². The fourth-order valence-corrected chi connectivity index (χ4v) is 3.82. The molecule has 7 nitrogen and oxygen atoms in total. The summed E-state index contributed by atoms with van der Waals surface area (Å²) in [5, 5.41) is 9.74. The molecule has 0 aliphatic heterocycles. The highest BCUT2D eigenvalue weighted by Gasteiger charge is 2.30. The van der Waals surface area contributed by atoms with E-state index in [9.17, 15) is 18.0 Å². The Morgan fingerprint density at radius 1 is 1.19 bits per heavy atom. The molecule has 0 unspecified atom stereocenters. The highest BCUT2D eigenvalue weighted by molar-refractivity contribution is 7.16. The minimum absolute atomic E-state index is 0.136. The minimum Gasteiger partial charge on any atom is -0.361 e. The van der Waals surface area contributed by atoms with Gasteiger partial charge in [0.05, 0.1) is 22.7 Å². The number of pyridine rings is 1. The average molecular weight is 459 g/mol. The number of benzene rings is 1. The molecule has 1 aromatic carbocycles. The van der Waals surface area contributed by atoms with Gasteiger partial charge < -0.3 is 15.2 Å². The van der Waals surface area contributed by atoms with E-state index in [1.54, 1.807) is 25.4 Å². The van der Waals surface area contributed by atoms with Crippen LogP contribution < -0.4 is 10.6 Å². The number of carbonyl (C=O) groups is 1. The zero-order valence-electron chi connectivity index (χ0n) is 16.6. The van der Waals surface area contributed by atoms with Gasteiger partial charge in [-0.25, -0.2) is 4.98 Å². The Labute approximate surface area is 184 Å². The smallest absolute Gasteiger partial charge is 0.361 e. The molecule has 4 aromatic rings. The SMILES string of the molecule is Cc1cc(C(=O)NCc2sc(Nc3cccc(C(F)(F)F)c3)nc2-c2cccnc2)no1. The first-order valence-corrected chi connectivity index (χ1v) is 10.2. The van der Waals surface area contributed by atoms with E-state index in [0.717, 1.165) is 12.1 Å². The molecule has 3 aromatic heterocycles. The van der Waals surface area contributed by atoms with Crippen molar-refractivity contribution in [2.45, 2.75) is 19.6 Å². The second-order valence-corrected chi connectivity index (χ2v) is 7.83. The third kappa shape index (κ3) is 4.94. The zero-order valence-corrected chi connectivity index (χ0v) is 17.4. The summed E-state index contributed by atoms with van der Waals surface area (Å²) in [6, 6.07) is 9.93. The Morgan fingerprint density at radius 2 is 2.03 bits per heavy atom. The van der Waals surface area contributed by atoms with Crippen molar-refractivity contribution in [1.82, 2.24) is 20.4 Å². The van der Waals surface area contributed by atoms with Crippen LogP contribution in [0.5, 0.6) is 0 Å². The Hall–Kier alpha value is -3.73. The lowest BCUT2D eigenvalue weighted by Crippen LogP contribution is -2.22. The van der Waals surface area contributed by atoms with Crippen LogP contribution in [0.3, 0.4) is 0 Å². The van der Waals surface area contributed by atoms with Crippen LogP contribution >= 0.6 is 11.3 Å². The summed E-state index contributed by atoms with van der Waals surface area (Å²) in [4.78, 5) is 21.6. The van der Waals surface area contributed by atoms with Crippen molar-refractivity contribution in [2.24, 2.45) is 0 Å². The monoisotopic (exact) mass is 459 g/mol. The molecule has 0 bridgehead atoms. The maximum atomic E-state index is 13.0. The van der Waals surface area contributed by atoms with Crippen LogP contribution in [-0.2, 0) is 12.7 Å². The molecule has 32 heavy (non-hydrogen) atoms. The first-order chi connectivity index (χ1) is 15.3. The van der Waals surface area contributed by atoms with Gasteiger partial charge in [0, 0.05) is 29.7 Å². The van der Waals surface area contributed by atoms with Gasteiger partial charge in [-0.15, -0.1) is 0 Å². The highest BCUT2D eigenvalue weighted by atomic mass is 32.1. The standard InChI is InChI=1S/C21H16F3N5O2S/c1-12-8-16(29-31-12)19(30)26-11-17-18(13-4-3-7-25-10-13)28-20(32-17)27-15-6-2-5-14(9-15)21(22,23)24/h2-10H,11H2,1H3,(H,26,30)(H,27,28). The van der Waals surface area contributed by atoms with Gasteiger partial charge in [-0.1, -0.05) is 22.6 Å². The predicted octanol–water partition coefficient (Wildman–Crippen LogP) is 5.19. The quantitative estimate of drug-likeness (QED) is 0.412. The molecular weight excluding hydrogens is 443 g/mol. The summed E-state index contributed by atoms with van der Waals surface area (Å²) in [5.41, 5.74) is 0.913. The summed E-state index contributed by atoms with van der Waals surface area (Å²) >= 11 is 1.22. The topological polar surface area (TPSA) is 92.9 Å². The molecular formula is C21H16F3N5O2S. The Balaban J connectivity index is 1.59. The van der Waals surface area contributed by atoms with Crippen molar-refractivity contribution in [3.8, 4) is 11.3 Å². The zero-order chi connectivity index (χ0) is 22.7. The van der Waals surface area contributed by atoms with Crippen LogP contribution in [0.2, 0.25) is 0 Å². The van der Waals surface area contributed by atoms with E-state index >= 15 is 0 Å². The van der Waals surface area contributed by atoms with Gasteiger partial charge in [0.15, 0.2) is 10.8 Å². The number of amides is 1. The molecule has 0 spiro atoms. The first-order valence-electron chi connectivity index (χ1n) is 9.35. The third-order valence-electron chi connectivity index (χ3n) is 4.34. The normalized spacial score (nSPS) is 11.4. The summed E-state index contributed by atoms with van der Waals surface area (Å²) in [6.07, 6.45) is -1.21. The maximum Gasteiger partial charge on any atom is 0.416 e. The van der Waals surface area contributed by atoms with Crippen LogP contribution in [0.15, 0.2) is 59.4 Å². The lowest BCUT2D eigenvalue weighted by atomic mass is 10.2. The predicted molar refractivity (Wildman–Crippen MR) is 112 cm³/mol. The Morgan fingerprint density at radius 3 is 2.72 bits per heavy atom. The van der Waals surface area contributed by atoms with Crippen LogP contribution in [0.25, 0.3) is 11.3 Å². The maximum absolute atomic E-state index is 13.0. The van der Waals surface area contributed by atoms with E-state index in [0.29, 0.717) is 27.0 Å². The van der Waals surface area contributed by atoms with Crippen LogP contribution in [0.4, 0.5) is 24.0 Å². The number of hydrogen-bond acceptors (Lipinski definition) is 7. The van der Waals surface area contributed by atoms with Crippen molar-refractivity contribution in [1.29, 1.82) is 0 Å². The van der Waals surface area contributed by atoms with E-state index in [2.05, 4.69) is 25.8 Å². The number of rotatable bonds is 6. The number of aryl methyl sites for hydroxylation is 1. The third-order valence-corrected chi connectivity index (χ3v) is 5.31. The van der Waals surface area contributed by atoms with Crippen LogP contribution in [0, 0.1) is 6.92 Å². The van der Waals surface area contributed by atoms with Gasteiger partial charge in [-0.2, -0.15) is 13.2 Å². The van der Waals surface area contributed by atoms with Gasteiger partial charge in [0.2, 0.25) is 0 Å². The number of nitrogens with one attached hydrogen (secondary N) is 2. The van der Waals surface area contributed by atoms with Crippen molar-refractivity contribution in [3.63, 3.8) is 0 Å². The van der Waals surface area contributed by atoms with Gasteiger partial charge in [0.1, 0.15) is 5.76 Å². The van der Waals surface area contributed by atoms with E-state index < -0.39 is 17.6 Å². The van der Waals surface area contributed by atoms with Crippen molar-refractivity contribution < 1.29 is 22.5 Å². The van der Waals surface area contributed by atoms with Crippen molar-refractivity contribution >= 4 is 28.1 Å². The number of carbonyl (C=O) groups excluding carboxylic acids is 1. The highest BCUT2D eigenvalue weighted by Crippen LogP contribution is 2.34. The summed E-state index contributed by atoms with van der Waals surface area (Å²) in [5.74, 6) is 0.0938. The molecule has 4 rings (SSSR count). The largest absolute Gasteiger partial charge is 0.416 e. The number of hydrogen-bond donors (Lipinski definition) is 2. The molecule has 164 valence electrons. The molecule has 0 saturated carbocycles. The number of aromatic nitrogens is 3. The second kappa shape index (κ2) is 8.79. The van der Waals surface area contributed by atoms with Gasteiger partial charge in [-0.05, 0) is 37.3 Å². The molecule has 0 fully saturated rings. The van der Waals surface area contributed by atoms with Crippen molar-refractivity contribution in [2.75, 3.05) is 5.32 Å². The summed E-state index contributed by atoms with van der Waals surface area (Å²) < 4.78 is 44.0. The van der Waals surface area contributed by atoms with E-state index in [-0.39, 0.29) is 17.9 Å². The Bertz CT molecular complexity index is 1240. The minimum atomic E-state index is -4.45. The fraction of sp³-hybridized carbons (Fsp3) is 0.143. The lowest BCUT2D eigenvalue weighted by Gasteiger charge is -2.08. The van der Waals surface area contributed by atoms with Crippen LogP contribution in [-0.4, -0.2) is 21.0 Å². The number of thiazole rings is 1. The molecule has 3 heterocycles. The van der Waals surface area contributed by atoms with Gasteiger partial charge in [-0.3, -0.25) is 9.78 Å². The number of halogens is 3. The number of nitrogens with zero attached hydrogens (tertiary/aromatic N) is 3. The number of alkyl halides is 3. The van der Waals surface area contributed by atoms with Crippen LogP contribution in [0.1, 0.15) is 26.7 Å². The Kier molecular flexibility index (Phi) is 5.91. The van der Waals surface area contributed by atoms with E-state index in [4.69, 9.17) is 4.52 Å². The molecule has 0 saturated heterocycles. The average Bonchev–Trinajstić information content (AvgIpc) is 3.38. The summed E-state index contributed by atoms with van der Waals surface area (Å²) in [6.45, 7) is 1.82. The second-order valence-electron chi connectivity index (χ2n) is 6.74. The molecule has 0 atom stereocenters. The van der Waals surface area contributed by atoms with E-state index in [1.165, 1.54) is 29.5 Å². The molecule has 1 amide bonds. The number of anilines is 2. The molecule has 0 aliphatic carbocycles. The first kappa shape index (κ1) is 21.5.